The molecule has 0 aliphatic rings. The van der Waals surface area contributed by atoms with Crippen LogP contribution in [0.3, 0.4) is 0 Å². The molecule has 0 saturated heterocycles. The van der Waals surface area contributed by atoms with Crippen LogP contribution in [0.1, 0.15) is 33.7 Å². The van der Waals surface area contributed by atoms with Crippen LogP contribution >= 0.6 is 0 Å². The van der Waals surface area contributed by atoms with Crippen LogP contribution in [0.15, 0.2) is 42.5 Å². The molecule has 2 rings (SSSR count). The van der Waals surface area contributed by atoms with E-state index < -0.39 is 0 Å². The molecule has 0 radical (unpaired) electrons. The summed E-state index contributed by atoms with van der Waals surface area (Å²) in [7, 11) is 1.69. The second-order valence-corrected chi connectivity index (χ2v) is 5.27. The van der Waals surface area contributed by atoms with Crippen LogP contribution in [0.25, 0.3) is 0 Å². The molecule has 20 heavy (non-hydrogen) atoms. The zero-order valence-corrected chi connectivity index (χ0v) is 12.5. The monoisotopic (exact) mass is 267 g/mol. The molecule has 1 amide bonds. The number of amides is 1. The Hall–Kier alpha value is -2.09. The lowest BCUT2D eigenvalue weighted by molar-refractivity contribution is -0.121. The first-order valence-electron chi connectivity index (χ1n) is 6.89. The molecule has 0 fully saturated rings. The van der Waals surface area contributed by atoms with E-state index >= 15 is 0 Å². The van der Waals surface area contributed by atoms with Crippen LogP contribution in [0.2, 0.25) is 0 Å². The van der Waals surface area contributed by atoms with Crippen molar-refractivity contribution in [2.75, 3.05) is 7.05 Å². The van der Waals surface area contributed by atoms with Gasteiger partial charge >= 0.3 is 0 Å². The molecule has 2 aromatic carbocycles. The third-order valence-corrected chi connectivity index (χ3v) is 3.67. The van der Waals surface area contributed by atoms with E-state index in [0.29, 0.717) is 0 Å². The summed E-state index contributed by atoms with van der Waals surface area (Å²) in [6.45, 7) is 6.24. The van der Waals surface area contributed by atoms with Crippen molar-refractivity contribution in [1.29, 1.82) is 0 Å². The average molecular weight is 267 g/mol. The van der Waals surface area contributed by atoms with Gasteiger partial charge in [-0.3, -0.25) is 4.79 Å². The quantitative estimate of drug-likeness (QED) is 0.906. The topological polar surface area (TPSA) is 29.1 Å². The SMILES string of the molecule is CNC(=O)C(c1ccccc1)c1c(C)cc(C)cc1C. The zero-order valence-electron chi connectivity index (χ0n) is 12.5. The van der Waals surface area contributed by atoms with Crippen LogP contribution < -0.4 is 5.32 Å². The summed E-state index contributed by atoms with van der Waals surface area (Å²) < 4.78 is 0. The van der Waals surface area contributed by atoms with E-state index in [1.54, 1.807) is 7.05 Å². The highest BCUT2D eigenvalue weighted by atomic mass is 16.1. The second kappa shape index (κ2) is 5.91. The summed E-state index contributed by atoms with van der Waals surface area (Å²) in [6.07, 6.45) is 0. The third kappa shape index (κ3) is 2.74. The van der Waals surface area contributed by atoms with Gasteiger partial charge in [0.15, 0.2) is 0 Å². The van der Waals surface area contributed by atoms with Gasteiger partial charge in [0.2, 0.25) is 5.91 Å². The highest BCUT2D eigenvalue weighted by Crippen LogP contribution is 2.31. The van der Waals surface area contributed by atoms with Crippen molar-refractivity contribution in [3.63, 3.8) is 0 Å². The van der Waals surface area contributed by atoms with Crippen LogP contribution in [-0.2, 0) is 4.79 Å². The number of carbonyl (C=O) groups excluding carboxylic acids is 1. The molecule has 2 aromatic rings. The average Bonchev–Trinajstić information content (AvgIpc) is 2.42. The first-order valence-corrected chi connectivity index (χ1v) is 6.89. The van der Waals surface area contributed by atoms with Crippen molar-refractivity contribution in [2.24, 2.45) is 0 Å². The molecule has 0 aliphatic heterocycles. The molecule has 104 valence electrons. The van der Waals surface area contributed by atoms with E-state index in [-0.39, 0.29) is 11.8 Å². The van der Waals surface area contributed by atoms with Gasteiger partial charge in [0.25, 0.3) is 0 Å². The van der Waals surface area contributed by atoms with Crippen molar-refractivity contribution in [3.05, 3.63) is 70.3 Å². The van der Waals surface area contributed by atoms with Crippen LogP contribution in [0, 0.1) is 20.8 Å². The highest BCUT2D eigenvalue weighted by molar-refractivity contribution is 5.87. The summed E-state index contributed by atoms with van der Waals surface area (Å²) in [5.74, 6) is -0.215. The largest absolute Gasteiger partial charge is 0.358 e. The van der Waals surface area contributed by atoms with Crippen LogP contribution in [0.4, 0.5) is 0 Å². The molecule has 1 N–H and O–H groups in total. The molecule has 2 nitrogen and oxygen atoms in total. The normalized spacial score (nSPS) is 12.0. The maximum Gasteiger partial charge on any atom is 0.231 e. The Morgan fingerprint density at radius 2 is 1.55 bits per heavy atom. The standard InChI is InChI=1S/C18H21NO/c1-12-10-13(2)16(14(3)11-12)17(18(20)19-4)15-8-6-5-7-9-15/h5-11,17H,1-4H3,(H,19,20). The van der Waals surface area contributed by atoms with E-state index in [2.05, 4.69) is 38.2 Å². The van der Waals surface area contributed by atoms with Gasteiger partial charge < -0.3 is 5.32 Å². The molecule has 0 saturated carbocycles. The molecular formula is C18H21NO. The number of aryl methyl sites for hydroxylation is 3. The predicted octanol–water partition coefficient (Wildman–Crippen LogP) is 3.49. The molecular weight excluding hydrogens is 246 g/mol. The van der Waals surface area contributed by atoms with Crippen molar-refractivity contribution >= 4 is 5.91 Å². The molecule has 0 spiro atoms. The van der Waals surface area contributed by atoms with Crippen LogP contribution in [-0.4, -0.2) is 13.0 Å². The maximum absolute atomic E-state index is 12.4. The number of rotatable bonds is 3. The first-order chi connectivity index (χ1) is 9.54. The fourth-order valence-electron chi connectivity index (χ4n) is 2.89. The van der Waals surface area contributed by atoms with Crippen molar-refractivity contribution in [1.82, 2.24) is 5.32 Å². The lowest BCUT2D eigenvalue weighted by atomic mass is 9.84. The van der Waals surface area contributed by atoms with Gasteiger partial charge in [0, 0.05) is 7.05 Å². The molecule has 2 heteroatoms. The summed E-state index contributed by atoms with van der Waals surface area (Å²) in [6, 6.07) is 14.2. The predicted molar refractivity (Wildman–Crippen MR) is 83.0 cm³/mol. The Bertz CT molecular complexity index is 594. The second-order valence-electron chi connectivity index (χ2n) is 5.27. The van der Waals surface area contributed by atoms with Gasteiger partial charge in [0.05, 0.1) is 5.92 Å². The number of nitrogens with one attached hydrogen (secondary N) is 1. The van der Waals surface area contributed by atoms with Gasteiger partial charge in [-0.15, -0.1) is 0 Å². The van der Waals surface area contributed by atoms with Gasteiger partial charge in [-0.1, -0.05) is 48.0 Å². The van der Waals surface area contributed by atoms with Crippen molar-refractivity contribution in [3.8, 4) is 0 Å². The van der Waals surface area contributed by atoms with E-state index in [4.69, 9.17) is 0 Å². The van der Waals surface area contributed by atoms with Gasteiger partial charge in [-0.2, -0.15) is 0 Å². The smallest absolute Gasteiger partial charge is 0.231 e. The number of hydrogen-bond donors (Lipinski definition) is 1. The molecule has 0 aromatic heterocycles. The van der Waals surface area contributed by atoms with Crippen LogP contribution in [0.5, 0.6) is 0 Å². The van der Waals surface area contributed by atoms with E-state index in [0.717, 1.165) is 11.1 Å². The summed E-state index contributed by atoms with van der Waals surface area (Å²) in [5, 5.41) is 2.79. The number of benzene rings is 2. The molecule has 1 atom stereocenters. The Labute approximate surface area is 120 Å². The fraction of sp³-hybridized carbons (Fsp3) is 0.278. The highest BCUT2D eigenvalue weighted by Gasteiger charge is 2.24. The Kier molecular flexibility index (Phi) is 4.23. The first kappa shape index (κ1) is 14.3. The van der Waals surface area contributed by atoms with E-state index in [1.165, 1.54) is 16.7 Å². The molecule has 0 aliphatic carbocycles. The summed E-state index contributed by atoms with van der Waals surface area (Å²) in [4.78, 5) is 12.4. The molecule has 0 heterocycles. The molecule has 1 unspecified atom stereocenters. The minimum absolute atomic E-state index is 0.0336. The van der Waals surface area contributed by atoms with E-state index in [1.807, 2.05) is 30.3 Å². The lowest BCUT2D eigenvalue weighted by Crippen LogP contribution is -2.27. The number of hydrogen-bond acceptors (Lipinski definition) is 1. The van der Waals surface area contributed by atoms with Gasteiger partial charge in [0.1, 0.15) is 0 Å². The number of carbonyl (C=O) groups is 1. The summed E-state index contributed by atoms with van der Waals surface area (Å²) in [5.41, 5.74) is 5.70. The third-order valence-electron chi connectivity index (χ3n) is 3.67. The zero-order chi connectivity index (χ0) is 14.7. The van der Waals surface area contributed by atoms with E-state index in [9.17, 15) is 4.79 Å². The minimum Gasteiger partial charge on any atom is -0.358 e. The fourth-order valence-corrected chi connectivity index (χ4v) is 2.89. The van der Waals surface area contributed by atoms with Gasteiger partial charge in [-0.05, 0) is 43.0 Å². The number of likely N-dealkylation sites (N-methyl/N-ethyl adjacent to an activating group) is 1. The Balaban J connectivity index is 2.62. The summed E-state index contributed by atoms with van der Waals surface area (Å²) >= 11 is 0. The van der Waals surface area contributed by atoms with Gasteiger partial charge in [-0.25, -0.2) is 0 Å². The Morgan fingerprint density at radius 3 is 2.05 bits per heavy atom. The van der Waals surface area contributed by atoms with Crippen molar-refractivity contribution in [2.45, 2.75) is 26.7 Å². The lowest BCUT2D eigenvalue weighted by Gasteiger charge is -2.21. The van der Waals surface area contributed by atoms with Crippen molar-refractivity contribution < 1.29 is 4.79 Å². The minimum atomic E-state index is -0.248. The maximum atomic E-state index is 12.4. The molecule has 0 bridgehead atoms. The Morgan fingerprint density at radius 1 is 1.00 bits per heavy atom.